The summed E-state index contributed by atoms with van der Waals surface area (Å²) in [5.74, 6) is -0.743. The Hall–Kier alpha value is -3.08. The fraction of sp³-hybridized carbons (Fsp3) is 0.304. The van der Waals surface area contributed by atoms with Crippen LogP contribution in [0, 0.1) is 12.7 Å². The standard InChI is InChI=1S/C23H26FN5O3S/c1-17-16-21(18-6-2-4-8-20(18)26-17)27-23(30)25-10-11-28-12-14-29(15-13-28)33(31,32)22-9-5-3-7-19(22)24/h2-9,16H,10-15H2,1H3,(H2,25,26,27,30). The van der Waals surface area contributed by atoms with Gasteiger partial charge in [0.25, 0.3) is 0 Å². The number of benzene rings is 2. The Labute approximate surface area is 192 Å². The summed E-state index contributed by atoms with van der Waals surface area (Å²) in [6, 6.07) is 14.5. The summed E-state index contributed by atoms with van der Waals surface area (Å²) in [6.07, 6.45) is 0. The van der Waals surface area contributed by atoms with E-state index in [4.69, 9.17) is 0 Å². The van der Waals surface area contributed by atoms with Crippen LogP contribution in [0.2, 0.25) is 0 Å². The number of nitrogens with one attached hydrogen (secondary N) is 2. The summed E-state index contributed by atoms with van der Waals surface area (Å²) in [7, 11) is -3.86. The summed E-state index contributed by atoms with van der Waals surface area (Å²) >= 11 is 0. The average molecular weight is 472 g/mol. The fourth-order valence-electron chi connectivity index (χ4n) is 3.89. The number of rotatable bonds is 6. The van der Waals surface area contributed by atoms with E-state index in [0.29, 0.717) is 31.9 Å². The van der Waals surface area contributed by atoms with Crippen molar-refractivity contribution in [1.29, 1.82) is 0 Å². The predicted molar refractivity (Wildman–Crippen MR) is 125 cm³/mol. The molecule has 1 aliphatic heterocycles. The SMILES string of the molecule is Cc1cc(NC(=O)NCCN2CCN(S(=O)(=O)c3ccccc3F)CC2)c2ccccc2n1. The summed E-state index contributed by atoms with van der Waals surface area (Å²) in [5.41, 5.74) is 2.32. The number of piperazine rings is 1. The first-order valence-corrected chi connectivity index (χ1v) is 12.2. The maximum absolute atomic E-state index is 14.0. The number of sulfonamides is 1. The van der Waals surface area contributed by atoms with Crippen molar-refractivity contribution in [3.05, 3.63) is 66.1 Å². The van der Waals surface area contributed by atoms with Crippen molar-refractivity contribution in [2.24, 2.45) is 0 Å². The van der Waals surface area contributed by atoms with Crippen molar-refractivity contribution in [3.8, 4) is 0 Å². The van der Waals surface area contributed by atoms with Crippen molar-refractivity contribution in [1.82, 2.24) is 19.5 Å². The number of nitrogens with zero attached hydrogens (tertiary/aromatic N) is 3. The van der Waals surface area contributed by atoms with Crippen LogP contribution in [-0.4, -0.2) is 67.9 Å². The van der Waals surface area contributed by atoms with Gasteiger partial charge in [0.05, 0.1) is 11.2 Å². The number of urea groups is 1. The molecule has 1 aromatic heterocycles. The third-order valence-electron chi connectivity index (χ3n) is 5.59. The second-order valence-corrected chi connectivity index (χ2v) is 9.79. The van der Waals surface area contributed by atoms with Gasteiger partial charge in [-0.1, -0.05) is 30.3 Å². The minimum absolute atomic E-state index is 0.269. The van der Waals surface area contributed by atoms with E-state index in [0.717, 1.165) is 22.7 Å². The molecule has 8 nitrogen and oxygen atoms in total. The zero-order valence-electron chi connectivity index (χ0n) is 18.3. The number of carbonyl (C=O) groups is 1. The van der Waals surface area contributed by atoms with E-state index in [9.17, 15) is 17.6 Å². The molecule has 2 aromatic carbocycles. The Morgan fingerprint density at radius 1 is 1.06 bits per heavy atom. The highest BCUT2D eigenvalue weighted by Crippen LogP contribution is 2.23. The Balaban J connectivity index is 1.26. The molecule has 0 atom stereocenters. The molecule has 1 fully saturated rings. The lowest BCUT2D eigenvalue weighted by Gasteiger charge is -2.34. The summed E-state index contributed by atoms with van der Waals surface area (Å²) < 4.78 is 40.7. The number of aryl methyl sites for hydroxylation is 1. The van der Waals surface area contributed by atoms with Crippen LogP contribution in [0.15, 0.2) is 59.5 Å². The van der Waals surface area contributed by atoms with Crippen LogP contribution in [0.3, 0.4) is 0 Å². The average Bonchev–Trinajstić information content (AvgIpc) is 2.79. The fourth-order valence-corrected chi connectivity index (χ4v) is 5.38. The van der Waals surface area contributed by atoms with Gasteiger partial charge in [0, 0.05) is 50.3 Å². The van der Waals surface area contributed by atoms with Gasteiger partial charge in [-0.05, 0) is 31.2 Å². The van der Waals surface area contributed by atoms with Crippen LogP contribution in [-0.2, 0) is 10.0 Å². The van der Waals surface area contributed by atoms with E-state index >= 15 is 0 Å². The number of aromatic nitrogens is 1. The van der Waals surface area contributed by atoms with Crippen LogP contribution in [0.25, 0.3) is 10.9 Å². The second kappa shape index (κ2) is 9.82. The van der Waals surface area contributed by atoms with Gasteiger partial charge >= 0.3 is 6.03 Å². The van der Waals surface area contributed by atoms with Crippen molar-refractivity contribution in [2.45, 2.75) is 11.8 Å². The number of pyridine rings is 1. The first-order chi connectivity index (χ1) is 15.8. The molecule has 1 aliphatic rings. The molecule has 0 saturated carbocycles. The molecule has 0 unspecified atom stereocenters. The number of hydrogen-bond donors (Lipinski definition) is 2. The van der Waals surface area contributed by atoms with E-state index < -0.39 is 15.8 Å². The molecule has 1 saturated heterocycles. The van der Waals surface area contributed by atoms with Crippen molar-refractivity contribution >= 4 is 32.6 Å². The predicted octanol–water partition coefficient (Wildman–Crippen LogP) is 2.81. The zero-order chi connectivity index (χ0) is 23.4. The molecule has 0 aliphatic carbocycles. The molecule has 0 bridgehead atoms. The highest BCUT2D eigenvalue weighted by Gasteiger charge is 2.30. The lowest BCUT2D eigenvalue weighted by molar-refractivity contribution is 0.188. The smallest absolute Gasteiger partial charge is 0.319 e. The van der Waals surface area contributed by atoms with E-state index in [1.165, 1.54) is 22.5 Å². The number of halogens is 1. The largest absolute Gasteiger partial charge is 0.337 e. The molecule has 2 heterocycles. The highest BCUT2D eigenvalue weighted by molar-refractivity contribution is 7.89. The number of fused-ring (bicyclic) bond motifs is 1. The number of para-hydroxylation sites is 1. The van der Waals surface area contributed by atoms with Crippen LogP contribution in [0.5, 0.6) is 0 Å². The Kier molecular flexibility index (Phi) is 6.87. The molecule has 0 radical (unpaired) electrons. The number of amides is 2. The van der Waals surface area contributed by atoms with Gasteiger partial charge in [0.15, 0.2) is 0 Å². The molecule has 4 rings (SSSR count). The molecular formula is C23H26FN5O3S. The molecule has 10 heteroatoms. The first-order valence-electron chi connectivity index (χ1n) is 10.7. The minimum Gasteiger partial charge on any atom is -0.337 e. The lowest BCUT2D eigenvalue weighted by atomic mass is 10.1. The molecule has 2 N–H and O–H groups in total. The molecule has 33 heavy (non-hydrogen) atoms. The van der Waals surface area contributed by atoms with Gasteiger partial charge in [-0.15, -0.1) is 0 Å². The van der Waals surface area contributed by atoms with Gasteiger partial charge < -0.3 is 10.6 Å². The van der Waals surface area contributed by atoms with Gasteiger partial charge in [-0.25, -0.2) is 17.6 Å². The Bertz CT molecular complexity index is 1260. The number of carbonyl (C=O) groups excluding carboxylic acids is 1. The maximum Gasteiger partial charge on any atom is 0.319 e. The van der Waals surface area contributed by atoms with E-state index in [-0.39, 0.29) is 24.0 Å². The van der Waals surface area contributed by atoms with E-state index in [1.807, 2.05) is 37.3 Å². The third-order valence-corrected chi connectivity index (χ3v) is 7.52. The van der Waals surface area contributed by atoms with E-state index in [1.54, 1.807) is 0 Å². The van der Waals surface area contributed by atoms with Crippen molar-refractivity contribution < 1.29 is 17.6 Å². The minimum atomic E-state index is -3.86. The highest BCUT2D eigenvalue weighted by atomic mass is 32.2. The maximum atomic E-state index is 14.0. The van der Waals surface area contributed by atoms with Crippen LogP contribution in [0.4, 0.5) is 14.9 Å². The topological polar surface area (TPSA) is 94.6 Å². The molecule has 0 spiro atoms. The van der Waals surface area contributed by atoms with Gasteiger partial charge in [0.2, 0.25) is 10.0 Å². The summed E-state index contributed by atoms with van der Waals surface area (Å²) in [6.45, 7) is 4.42. The quantitative estimate of drug-likeness (QED) is 0.577. The second-order valence-electron chi connectivity index (χ2n) is 7.89. The van der Waals surface area contributed by atoms with E-state index in [2.05, 4.69) is 20.5 Å². The first kappa shape index (κ1) is 23.1. The van der Waals surface area contributed by atoms with Crippen LogP contribution >= 0.6 is 0 Å². The van der Waals surface area contributed by atoms with Gasteiger partial charge in [-0.3, -0.25) is 9.88 Å². The normalized spacial score (nSPS) is 15.5. The Morgan fingerprint density at radius 3 is 2.52 bits per heavy atom. The number of hydrogen-bond acceptors (Lipinski definition) is 5. The lowest BCUT2D eigenvalue weighted by Crippen LogP contribution is -2.50. The van der Waals surface area contributed by atoms with Crippen LogP contribution in [0.1, 0.15) is 5.69 Å². The summed E-state index contributed by atoms with van der Waals surface area (Å²) in [5, 5.41) is 6.59. The Morgan fingerprint density at radius 2 is 1.76 bits per heavy atom. The molecule has 174 valence electrons. The van der Waals surface area contributed by atoms with Gasteiger partial charge in [-0.2, -0.15) is 4.31 Å². The third kappa shape index (κ3) is 5.29. The monoisotopic (exact) mass is 471 g/mol. The molecule has 2 amide bonds. The van der Waals surface area contributed by atoms with Crippen LogP contribution < -0.4 is 10.6 Å². The van der Waals surface area contributed by atoms with Crippen molar-refractivity contribution in [2.75, 3.05) is 44.6 Å². The summed E-state index contributed by atoms with van der Waals surface area (Å²) in [4.78, 5) is 18.6. The molecule has 3 aromatic rings. The van der Waals surface area contributed by atoms with Gasteiger partial charge in [0.1, 0.15) is 10.7 Å². The number of anilines is 1. The van der Waals surface area contributed by atoms with Crippen molar-refractivity contribution in [3.63, 3.8) is 0 Å². The molecular weight excluding hydrogens is 445 g/mol. The zero-order valence-corrected chi connectivity index (χ0v) is 19.1.